The van der Waals surface area contributed by atoms with Gasteiger partial charge in [-0.05, 0) is 47.5 Å². The van der Waals surface area contributed by atoms with Crippen molar-refractivity contribution in [2.45, 2.75) is 13.2 Å². The van der Waals surface area contributed by atoms with E-state index in [0.29, 0.717) is 18.8 Å². The van der Waals surface area contributed by atoms with E-state index in [1.807, 2.05) is 84.2 Å². The second kappa shape index (κ2) is 10.1. The summed E-state index contributed by atoms with van der Waals surface area (Å²) in [4.78, 5) is 19.0. The lowest BCUT2D eigenvalue weighted by molar-refractivity contribution is 0.0780. The summed E-state index contributed by atoms with van der Waals surface area (Å²) in [5.74, 6) is 1.49. The molecule has 6 heteroatoms. The summed E-state index contributed by atoms with van der Waals surface area (Å²) in [6.07, 6.45) is 0. The van der Waals surface area contributed by atoms with Crippen LogP contribution in [0.5, 0.6) is 11.5 Å². The van der Waals surface area contributed by atoms with E-state index in [-0.39, 0.29) is 5.91 Å². The Labute approximate surface area is 191 Å². The van der Waals surface area contributed by atoms with Gasteiger partial charge in [-0.3, -0.25) is 4.79 Å². The molecule has 1 amide bonds. The summed E-state index contributed by atoms with van der Waals surface area (Å²) in [7, 11) is 3.44. The fraction of sp³-hybridized carbons (Fsp3) is 0.154. The first-order valence-corrected chi connectivity index (χ1v) is 11.1. The molecule has 0 unspecified atom stereocenters. The summed E-state index contributed by atoms with van der Waals surface area (Å²) >= 11 is 1.46. The van der Waals surface area contributed by atoms with Crippen molar-refractivity contribution in [2.75, 3.05) is 14.2 Å². The zero-order valence-corrected chi connectivity index (χ0v) is 18.8. The third-order valence-corrected chi connectivity index (χ3v) is 5.86. The summed E-state index contributed by atoms with van der Waals surface area (Å²) in [6, 6.07) is 25.5. The lowest BCUT2D eigenvalue weighted by Crippen LogP contribution is -2.26. The standard InChI is InChI=1S/C26H24N2O3S/c1-28(16-19-7-4-3-5-8-19)26(29)24-18-32-25(27-24)21-11-13-22(14-12-21)31-17-20-9-6-10-23(15-20)30-2/h3-15,18H,16-17H2,1-2H3. The molecule has 0 atom stereocenters. The number of carbonyl (C=O) groups excluding carboxylic acids is 1. The maximum absolute atomic E-state index is 12.8. The smallest absolute Gasteiger partial charge is 0.273 e. The van der Waals surface area contributed by atoms with Crippen molar-refractivity contribution in [3.63, 3.8) is 0 Å². The summed E-state index contributed by atoms with van der Waals surface area (Å²) < 4.78 is 11.1. The normalized spacial score (nSPS) is 10.6. The molecule has 4 aromatic rings. The predicted octanol–water partition coefficient (Wildman–Crippen LogP) is 5.67. The molecule has 0 aliphatic heterocycles. The van der Waals surface area contributed by atoms with Gasteiger partial charge in [-0.25, -0.2) is 4.98 Å². The highest BCUT2D eigenvalue weighted by atomic mass is 32.1. The van der Waals surface area contributed by atoms with E-state index in [1.165, 1.54) is 11.3 Å². The van der Waals surface area contributed by atoms with Gasteiger partial charge < -0.3 is 14.4 Å². The molecule has 0 spiro atoms. The molecule has 0 aliphatic rings. The van der Waals surface area contributed by atoms with Crippen LogP contribution in [0.15, 0.2) is 84.2 Å². The minimum absolute atomic E-state index is 0.0883. The van der Waals surface area contributed by atoms with Crippen molar-refractivity contribution < 1.29 is 14.3 Å². The largest absolute Gasteiger partial charge is 0.497 e. The number of nitrogens with zero attached hydrogens (tertiary/aromatic N) is 2. The Hall–Kier alpha value is -3.64. The number of aromatic nitrogens is 1. The Morgan fingerprint density at radius 2 is 1.69 bits per heavy atom. The number of methoxy groups -OCH3 is 1. The van der Waals surface area contributed by atoms with Crippen molar-refractivity contribution in [3.8, 4) is 22.1 Å². The zero-order valence-electron chi connectivity index (χ0n) is 18.0. The quantitative estimate of drug-likeness (QED) is 0.351. The van der Waals surface area contributed by atoms with Crippen LogP contribution in [0.3, 0.4) is 0 Å². The Morgan fingerprint density at radius 1 is 0.938 bits per heavy atom. The van der Waals surface area contributed by atoms with Crippen LogP contribution in [-0.4, -0.2) is 29.9 Å². The van der Waals surface area contributed by atoms with Crippen molar-refractivity contribution in [3.05, 3.63) is 101 Å². The number of hydrogen-bond donors (Lipinski definition) is 0. The third-order valence-electron chi connectivity index (χ3n) is 4.97. The molecule has 1 heterocycles. The first kappa shape index (κ1) is 21.6. The third kappa shape index (κ3) is 5.34. The average molecular weight is 445 g/mol. The van der Waals surface area contributed by atoms with Crippen LogP contribution < -0.4 is 9.47 Å². The fourth-order valence-electron chi connectivity index (χ4n) is 3.25. The monoisotopic (exact) mass is 444 g/mol. The minimum Gasteiger partial charge on any atom is -0.497 e. The van der Waals surface area contributed by atoms with E-state index in [4.69, 9.17) is 9.47 Å². The Morgan fingerprint density at radius 3 is 2.44 bits per heavy atom. The molecule has 0 N–H and O–H groups in total. The van der Waals surface area contributed by atoms with Crippen molar-refractivity contribution in [2.24, 2.45) is 0 Å². The van der Waals surface area contributed by atoms with Gasteiger partial charge in [0.1, 0.15) is 28.8 Å². The molecule has 0 saturated carbocycles. The number of benzene rings is 3. The maximum Gasteiger partial charge on any atom is 0.273 e. The molecular weight excluding hydrogens is 420 g/mol. The average Bonchev–Trinajstić information content (AvgIpc) is 3.33. The molecular formula is C26H24N2O3S. The number of thiazole rings is 1. The van der Waals surface area contributed by atoms with E-state index >= 15 is 0 Å². The van der Waals surface area contributed by atoms with Crippen LogP contribution in [0.25, 0.3) is 10.6 Å². The number of amides is 1. The van der Waals surface area contributed by atoms with Crippen molar-refractivity contribution in [1.82, 2.24) is 9.88 Å². The minimum atomic E-state index is -0.0883. The highest BCUT2D eigenvalue weighted by Gasteiger charge is 2.16. The molecule has 162 valence electrons. The summed E-state index contributed by atoms with van der Waals surface area (Å²) in [5.41, 5.74) is 3.54. The maximum atomic E-state index is 12.8. The molecule has 0 bridgehead atoms. The van der Waals surface area contributed by atoms with Crippen molar-refractivity contribution in [1.29, 1.82) is 0 Å². The highest BCUT2D eigenvalue weighted by Crippen LogP contribution is 2.27. The summed E-state index contributed by atoms with van der Waals surface area (Å²) in [5, 5.41) is 2.62. The second-order valence-electron chi connectivity index (χ2n) is 7.35. The molecule has 1 aromatic heterocycles. The van der Waals surface area contributed by atoms with Gasteiger partial charge in [-0.15, -0.1) is 11.3 Å². The van der Waals surface area contributed by atoms with Crippen LogP contribution in [0.1, 0.15) is 21.6 Å². The van der Waals surface area contributed by atoms with Crippen LogP contribution >= 0.6 is 11.3 Å². The van der Waals surface area contributed by atoms with E-state index in [0.717, 1.165) is 33.2 Å². The highest BCUT2D eigenvalue weighted by molar-refractivity contribution is 7.13. The van der Waals surface area contributed by atoms with Gasteiger partial charge in [-0.1, -0.05) is 42.5 Å². The molecule has 5 nitrogen and oxygen atoms in total. The lowest BCUT2D eigenvalue weighted by Gasteiger charge is -2.15. The lowest BCUT2D eigenvalue weighted by atomic mass is 10.2. The second-order valence-corrected chi connectivity index (χ2v) is 8.21. The molecule has 0 aliphatic carbocycles. The van der Waals surface area contributed by atoms with E-state index in [9.17, 15) is 4.79 Å². The SMILES string of the molecule is COc1cccc(COc2ccc(-c3nc(C(=O)N(C)Cc4ccccc4)cs3)cc2)c1. The Balaban J connectivity index is 1.37. The van der Waals surface area contributed by atoms with Crippen LogP contribution in [-0.2, 0) is 13.2 Å². The van der Waals surface area contributed by atoms with Gasteiger partial charge in [-0.2, -0.15) is 0 Å². The Bertz CT molecular complexity index is 1170. The molecule has 3 aromatic carbocycles. The number of hydrogen-bond acceptors (Lipinski definition) is 5. The topological polar surface area (TPSA) is 51.7 Å². The van der Waals surface area contributed by atoms with E-state index < -0.39 is 0 Å². The van der Waals surface area contributed by atoms with Gasteiger partial charge in [0.2, 0.25) is 0 Å². The zero-order chi connectivity index (χ0) is 22.3. The number of ether oxygens (including phenoxy) is 2. The first-order chi connectivity index (χ1) is 15.6. The Kier molecular flexibility index (Phi) is 6.82. The van der Waals surface area contributed by atoms with E-state index in [1.54, 1.807) is 19.1 Å². The van der Waals surface area contributed by atoms with Crippen LogP contribution in [0, 0.1) is 0 Å². The molecule has 0 fully saturated rings. The van der Waals surface area contributed by atoms with Gasteiger partial charge in [0.05, 0.1) is 7.11 Å². The molecule has 4 rings (SSSR count). The van der Waals surface area contributed by atoms with Crippen LogP contribution in [0.4, 0.5) is 0 Å². The van der Waals surface area contributed by atoms with Gasteiger partial charge in [0.15, 0.2) is 0 Å². The van der Waals surface area contributed by atoms with E-state index in [2.05, 4.69) is 4.98 Å². The molecule has 32 heavy (non-hydrogen) atoms. The van der Waals surface area contributed by atoms with Gasteiger partial charge in [0, 0.05) is 24.5 Å². The number of rotatable bonds is 8. The number of carbonyl (C=O) groups is 1. The van der Waals surface area contributed by atoms with Gasteiger partial charge >= 0.3 is 0 Å². The predicted molar refractivity (Wildman–Crippen MR) is 127 cm³/mol. The molecule has 0 radical (unpaired) electrons. The first-order valence-electron chi connectivity index (χ1n) is 10.2. The van der Waals surface area contributed by atoms with Crippen molar-refractivity contribution >= 4 is 17.2 Å². The summed E-state index contributed by atoms with van der Waals surface area (Å²) in [6.45, 7) is 1.01. The van der Waals surface area contributed by atoms with Gasteiger partial charge in [0.25, 0.3) is 5.91 Å². The fourth-order valence-corrected chi connectivity index (χ4v) is 4.05. The van der Waals surface area contributed by atoms with Crippen LogP contribution in [0.2, 0.25) is 0 Å². The molecule has 0 saturated heterocycles.